The van der Waals surface area contributed by atoms with E-state index in [1.54, 1.807) is 32.0 Å². The highest BCUT2D eigenvalue weighted by atomic mass is 35.5. The molecule has 2 N–H and O–H groups in total. The zero-order chi connectivity index (χ0) is 14.2. The van der Waals surface area contributed by atoms with Gasteiger partial charge in [0.2, 0.25) is 0 Å². The molecule has 19 heavy (non-hydrogen) atoms. The molecular formula is C11H11ClN2O3S2. The first-order valence-corrected chi connectivity index (χ1v) is 7.96. The Labute approximate surface area is 119 Å². The second kappa shape index (κ2) is 4.99. The van der Waals surface area contributed by atoms with Crippen molar-refractivity contribution in [3.63, 3.8) is 0 Å². The predicted octanol–water partition coefficient (Wildman–Crippen LogP) is 2.51. The maximum atomic E-state index is 12.2. The average Bonchev–Trinajstić information content (AvgIpc) is 2.63. The lowest BCUT2D eigenvalue weighted by Crippen LogP contribution is -2.13. The molecule has 0 saturated heterocycles. The van der Waals surface area contributed by atoms with Crippen molar-refractivity contribution in [2.75, 3.05) is 4.72 Å². The number of halogens is 1. The Balaban J connectivity index is 2.42. The van der Waals surface area contributed by atoms with Crippen LogP contribution in [0.1, 0.15) is 11.3 Å². The van der Waals surface area contributed by atoms with Crippen LogP contribution in [0, 0.1) is 13.8 Å². The molecule has 8 heteroatoms. The Morgan fingerprint density at radius 2 is 2.00 bits per heavy atom. The number of hydrogen-bond donors (Lipinski definition) is 2. The van der Waals surface area contributed by atoms with E-state index in [9.17, 15) is 13.2 Å². The van der Waals surface area contributed by atoms with Gasteiger partial charge < -0.3 is 4.98 Å². The molecule has 0 aliphatic heterocycles. The summed E-state index contributed by atoms with van der Waals surface area (Å²) < 4.78 is 26.8. The van der Waals surface area contributed by atoms with Crippen molar-refractivity contribution in [3.05, 3.63) is 44.1 Å². The standard InChI is InChI=1S/C11H11ClN2O3S2/c1-6-5-8(12)3-4-9(6)14-19(16,17)10-7(2)13-11(15)18-10/h3-5,14H,1-2H3,(H,13,15). The summed E-state index contributed by atoms with van der Waals surface area (Å²) in [6.07, 6.45) is 0. The largest absolute Gasteiger partial charge is 0.315 e. The van der Waals surface area contributed by atoms with Gasteiger partial charge in [-0.05, 0) is 37.6 Å². The molecule has 2 rings (SSSR count). The minimum atomic E-state index is -3.76. The van der Waals surface area contributed by atoms with Crippen LogP contribution in [0.15, 0.2) is 27.2 Å². The first-order chi connectivity index (χ1) is 8.79. The normalized spacial score (nSPS) is 11.5. The van der Waals surface area contributed by atoms with E-state index in [4.69, 9.17) is 11.6 Å². The third kappa shape index (κ3) is 2.99. The topological polar surface area (TPSA) is 79.0 Å². The summed E-state index contributed by atoms with van der Waals surface area (Å²) in [7, 11) is -3.76. The second-order valence-corrected chi connectivity index (χ2v) is 7.29. The van der Waals surface area contributed by atoms with E-state index in [1.807, 2.05) is 0 Å². The van der Waals surface area contributed by atoms with Crippen molar-refractivity contribution in [3.8, 4) is 0 Å². The van der Waals surface area contributed by atoms with E-state index in [1.165, 1.54) is 0 Å². The van der Waals surface area contributed by atoms with Gasteiger partial charge in [0.1, 0.15) is 0 Å². The van der Waals surface area contributed by atoms with Gasteiger partial charge in [-0.15, -0.1) is 0 Å². The molecule has 1 aromatic carbocycles. The molecule has 0 aliphatic carbocycles. The Hall–Kier alpha value is -1.31. The predicted molar refractivity (Wildman–Crippen MR) is 76.7 cm³/mol. The fourth-order valence-corrected chi connectivity index (χ4v) is 4.24. The van der Waals surface area contributed by atoms with Gasteiger partial charge >= 0.3 is 4.87 Å². The number of benzene rings is 1. The van der Waals surface area contributed by atoms with Crippen LogP contribution in [0.25, 0.3) is 0 Å². The van der Waals surface area contributed by atoms with E-state index >= 15 is 0 Å². The van der Waals surface area contributed by atoms with Crippen molar-refractivity contribution < 1.29 is 8.42 Å². The van der Waals surface area contributed by atoms with Crippen LogP contribution in [-0.2, 0) is 10.0 Å². The molecule has 1 aromatic heterocycles. The quantitative estimate of drug-likeness (QED) is 0.912. The van der Waals surface area contributed by atoms with Crippen molar-refractivity contribution in [1.29, 1.82) is 0 Å². The van der Waals surface area contributed by atoms with E-state index in [0.29, 0.717) is 33.3 Å². The maximum absolute atomic E-state index is 12.2. The van der Waals surface area contributed by atoms with Crippen LogP contribution in [0.2, 0.25) is 5.02 Å². The SMILES string of the molecule is Cc1cc(Cl)ccc1NS(=O)(=O)c1sc(=O)[nH]c1C. The number of hydrogen-bond acceptors (Lipinski definition) is 4. The average molecular weight is 319 g/mol. The summed E-state index contributed by atoms with van der Waals surface area (Å²) in [5.41, 5.74) is 1.47. The van der Waals surface area contributed by atoms with E-state index in [0.717, 1.165) is 0 Å². The molecule has 0 spiro atoms. The summed E-state index contributed by atoms with van der Waals surface area (Å²) in [4.78, 5) is 13.2. The van der Waals surface area contributed by atoms with Crippen LogP contribution in [0.3, 0.4) is 0 Å². The minimum Gasteiger partial charge on any atom is -0.315 e. The summed E-state index contributed by atoms with van der Waals surface area (Å²) in [5, 5.41) is 0.530. The van der Waals surface area contributed by atoms with Crippen LogP contribution in [0.5, 0.6) is 0 Å². The van der Waals surface area contributed by atoms with E-state index in [2.05, 4.69) is 9.71 Å². The third-order valence-electron chi connectivity index (χ3n) is 2.46. The second-order valence-electron chi connectivity index (χ2n) is 3.99. The smallest absolute Gasteiger partial charge is 0.306 e. The van der Waals surface area contributed by atoms with Crippen LogP contribution < -0.4 is 9.60 Å². The maximum Gasteiger partial charge on any atom is 0.306 e. The number of thiazole rings is 1. The van der Waals surface area contributed by atoms with Crippen molar-refractivity contribution in [2.45, 2.75) is 18.1 Å². The molecular weight excluding hydrogens is 308 g/mol. The first kappa shape index (κ1) is 14.1. The molecule has 2 aromatic rings. The van der Waals surface area contributed by atoms with Gasteiger partial charge in [0.05, 0.1) is 5.69 Å². The molecule has 0 aliphatic rings. The molecule has 5 nitrogen and oxygen atoms in total. The fraction of sp³-hybridized carbons (Fsp3) is 0.182. The molecule has 102 valence electrons. The van der Waals surface area contributed by atoms with Crippen molar-refractivity contribution in [1.82, 2.24) is 4.98 Å². The summed E-state index contributed by atoms with van der Waals surface area (Å²) in [5.74, 6) is 0. The Bertz CT molecular complexity index is 777. The summed E-state index contributed by atoms with van der Waals surface area (Å²) in [6, 6.07) is 4.84. The lowest BCUT2D eigenvalue weighted by Gasteiger charge is -2.09. The van der Waals surface area contributed by atoms with Gasteiger partial charge in [-0.1, -0.05) is 22.9 Å². The van der Waals surface area contributed by atoms with Gasteiger partial charge in [0.25, 0.3) is 10.0 Å². The number of rotatable bonds is 3. The number of anilines is 1. The van der Waals surface area contributed by atoms with Crippen molar-refractivity contribution in [2.24, 2.45) is 0 Å². The van der Waals surface area contributed by atoms with Gasteiger partial charge in [-0.2, -0.15) is 0 Å². The number of H-pyrrole nitrogens is 1. The molecule has 0 unspecified atom stereocenters. The number of aromatic amines is 1. The summed E-state index contributed by atoms with van der Waals surface area (Å²) >= 11 is 6.47. The third-order valence-corrected chi connectivity index (χ3v) is 5.66. The van der Waals surface area contributed by atoms with Crippen LogP contribution in [-0.4, -0.2) is 13.4 Å². The lowest BCUT2D eigenvalue weighted by molar-refractivity contribution is 0.602. The zero-order valence-corrected chi connectivity index (χ0v) is 12.5. The zero-order valence-electron chi connectivity index (χ0n) is 10.2. The summed E-state index contributed by atoms with van der Waals surface area (Å²) in [6.45, 7) is 3.29. The molecule has 0 radical (unpaired) electrons. The number of nitrogens with one attached hydrogen (secondary N) is 2. The van der Waals surface area contributed by atoms with Crippen molar-refractivity contribution >= 4 is 38.6 Å². The van der Waals surface area contributed by atoms with Gasteiger partial charge in [0, 0.05) is 10.7 Å². The molecule has 0 saturated carbocycles. The van der Waals surface area contributed by atoms with Gasteiger partial charge in [0.15, 0.2) is 4.21 Å². The molecule has 0 amide bonds. The van der Waals surface area contributed by atoms with E-state index in [-0.39, 0.29) is 4.21 Å². The number of aryl methyl sites for hydroxylation is 2. The molecule has 0 fully saturated rings. The highest BCUT2D eigenvalue weighted by Crippen LogP contribution is 2.24. The van der Waals surface area contributed by atoms with Crippen LogP contribution in [0.4, 0.5) is 5.69 Å². The fourth-order valence-electron chi connectivity index (χ4n) is 1.58. The lowest BCUT2D eigenvalue weighted by atomic mass is 10.2. The Kier molecular flexibility index (Phi) is 3.71. The first-order valence-electron chi connectivity index (χ1n) is 5.28. The Morgan fingerprint density at radius 1 is 1.32 bits per heavy atom. The minimum absolute atomic E-state index is 0.00755. The number of aromatic nitrogens is 1. The Morgan fingerprint density at radius 3 is 2.53 bits per heavy atom. The highest BCUT2D eigenvalue weighted by molar-refractivity contribution is 7.94. The van der Waals surface area contributed by atoms with E-state index < -0.39 is 14.9 Å². The monoisotopic (exact) mass is 318 g/mol. The van der Waals surface area contributed by atoms with Gasteiger partial charge in [-0.3, -0.25) is 9.52 Å². The molecule has 0 bridgehead atoms. The van der Waals surface area contributed by atoms with Gasteiger partial charge in [-0.25, -0.2) is 8.42 Å². The molecule has 0 atom stereocenters. The highest BCUT2D eigenvalue weighted by Gasteiger charge is 2.21. The van der Waals surface area contributed by atoms with Crippen LogP contribution >= 0.6 is 22.9 Å². The number of sulfonamides is 1. The molecule has 1 heterocycles.